The Hall–Kier alpha value is -3.66. The molecule has 0 N–H and O–H groups in total. The topological polar surface area (TPSA) is 66.2 Å². The molecule has 0 saturated carbocycles. The summed E-state index contributed by atoms with van der Waals surface area (Å²) >= 11 is 0. The highest BCUT2D eigenvalue weighted by Crippen LogP contribution is 2.26. The second kappa shape index (κ2) is 6.92. The van der Waals surface area contributed by atoms with E-state index in [1.165, 1.54) is 17.5 Å². The Morgan fingerprint density at radius 1 is 0.963 bits per heavy atom. The van der Waals surface area contributed by atoms with Gasteiger partial charge in [0, 0.05) is 5.56 Å². The van der Waals surface area contributed by atoms with Crippen molar-refractivity contribution in [3.63, 3.8) is 0 Å². The van der Waals surface area contributed by atoms with Crippen molar-refractivity contribution in [1.82, 2.24) is 4.98 Å². The van der Waals surface area contributed by atoms with Gasteiger partial charge in [0.1, 0.15) is 11.5 Å². The van der Waals surface area contributed by atoms with E-state index in [4.69, 9.17) is 4.42 Å². The third kappa shape index (κ3) is 3.51. The van der Waals surface area contributed by atoms with Crippen LogP contribution < -0.4 is 5.11 Å². The van der Waals surface area contributed by atoms with E-state index in [0.717, 1.165) is 28.0 Å². The summed E-state index contributed by atoms with van der Waals surface area (Å²) in [6.07, 6.45) is 3.73. The summed E-state index contributed by atoms with van der Waals surface area (Å²) in [5, 5.41) is 13.1. The molecule has 132 valence electrons. The van der Waals surface area contributed by atoms with Crippen LogP contribution in [0.4, 0.5) is 0 Å². The second-order valence-corrected chi connectivity index (χ2v) is 6.27. The first kappa shape index (κ1) is 16.8. The van der Waals surface area contributed by atoms with Crippen LogP contribution in [0.15, 0.2) is 71.1 Å². The maximum atomic E-state index is 10.8. The molecule has 4 nitrogen and oxygen atoms in total. The van der Waals surface area contributed by atoms with E-state index < -0.39 is 5.97 Å². The number of hydrogen-bond acceptors (Lipinski definition) is 4. The van der Waals surface area contributed by atoms with Gasteiger partial charge in [-0.2, -0.15) is 0 Å². The molecular formula is C23H16NO3-. The fourth-order valence-electron chi connectivity index (χ4n) is 2.91. The Kier molecular flexibility index (Phi) is 4.30. The molecule has 0 fully saturated rings. The lowest BCUT2D eigenvalue weighted by Gasteiger charge is -2.01. The number of aromatic carboxylic acids is 1. The number of aromatic nitrogens is 1. The smallest absolute Gasteiger partial charge is 0.226 e. The molecule has 4 aromatic rings. The first-order valence-electron chi connectivity index (χ1n) is 8.56. The number of carbonyl (C=O) groups is 1. The number of aryl methyl sites for hydroxylation is 1. The molecule has 4 heteroatoms. The zero-order valence-electron chi connectivity index (χ0n) is 14.7. The molecular weight excluding hydrogens is 338 g/mol. The van der Waals surface area contributed by atoms with Gasteiger partial charge in [-0.15, -0.1) is 0 Å². The maximum absolute atomic E-state index is 10.8. The van der Waals surface area contributed by atoms with Crippen molar-refractivity contribution in [2.75, 3.05) is 0 Å². The van der Waals surface area contributed by atoms with Crippen molar-refractivity contribution in [3.8, 4) is 11.5 Å². The summed E-state index contributed by atoms with van der Waals surface area (Å²) in [5.41, 5.74) is 2.69. The molecule has 0 aliphatic rings. The predicted octanol–water partition coefficient (Wildman–Crippen LogP) is 4.34. The second-order valence-electron chi connectivity index (χ2n) is 6.27. The molecule has 1 heterocycles. The van der Waals surface area contributed by atoms with Crippen molar-refractivity contribution < 1.29 is 14.3 Å². The first-order valence-corrected chi connectivity index (χ1v) is 8.56. The van der Waals surface area contributed by atoms with Crippen molar-refractivity contribution in [2.45, 2.75) is 6.92 Å². The van der Waals surface area contributed by atoms with Crippen molar-refractivity contribution in [2.24, 2.45) is 0 Å². The Bertz CT molecular complexity index is 1150. The molecule has 0 atom stereocenters. The summed E-state index contributed by atoms with van der Waals surface area (Å²) in [4.78, 5) is 15.4. The number of benzene rings is 3. The molecule has 0 bridgehead atoms. The lowest BCUT2D eigenvalue weighted by atomic mass is 10.1. The lowest BCUT2D eigenvalue weighted by molar-refractivity contribution is -0.255. The summed E-state index contributed by atoms with van der Waals surface area (Å²) in [6.45, 7) is 1.87. The molecule has 3 aromatic carbocycles. The van der Waals surface area contributed by atoms with E-state index >= 15 is 0 Å². The Morgan fingerprint density at radius 2 is 1.70 bits per heavy atom. The minimum Gasteiger partial charge on any atom is -0.545 e. The van der Waals surface area contributed by atoms with Crippen LogP contribution in [0.1, 0.15) is 27.4 Å². The number of carbonyl (C=O) groups excluding carboxylic acids is 1. The molecule has 0 radical (unpaired) electrons. The Balaban J connectivity index is 1.61. The summed E-state index contributed by atoms with van der Waals surface area (Å²) < 4.78 is 5.84. The SMILES string of the molecule is Cc1oc(-c2ccc3ccccc3c2)nc1/C=C/c1ccc(C(=O)[O-])cc1. The van der Waals surface area contributed by atoms with Gasteiger partial charge in [-0.3, -0.25) is 0 Å². The van der Waals surface area contributed by atoms with E-state index in [0.29, 0.717) is 5.89 Å². The number of oxazole rings is 1. The highest BCUT2D eigenvalue weighted by molar-refractivity contribution is 5.87. The monoisotopic (exact) mass is 354 g/mol. The molecule has 0 aliphatic carbocycles. The van der Waals surface area contributed by atoms with Crippen LogP contribution in [0.5, 0.6) is 0 Å². The highest BCUT2D eigenvalue weighted by Gasteiger charge is 2.10. The summed E-state index contributed by atoms with van der Waals surface area (Å²) in [7, 11) is 0. The normalized spacial score (nSPS) is 11.3. The Labute approximate surface area is 156 Å². The minimum atomic E-state index is -1.18. The zero-order chi connectivity index (χ0) is 18.8. The maximum Gasteiger partial charge on any atom is 0.226 e. The Morgan fingerprint density at radius 3 is 2.44 bits per heavy atom. The minimum absolute atomic E-state index is 0.156. The average molecular weight is 354 g/mol. The van der Waals surface area contributed by atoms with Crippen LogP contribution in [-0.2, 0) is 0 Å². The van der Waals surface area contributed by atoms with E-state index in [2.05, 4.69) is 29.2 Å². The number of carboxylic acids is 1. The van der Waals surface area contributed by atoms with Crippen LogP contribution in [-0.4, -0.2) is 11.0 Å². The van der Waals surface area contributed by atoms with Gasteiger partial charge >= 0.3 is 0 Å². The van der Waals surface area contributed by atoms with Gasteiger partial charge in [0.2, 0.25) is 5.89 Å². The standard InChI is InChI=1S/C23H17NO3/c1-15-21(13-8-16-6-9-18(10-7-16)23(25)26)24-22(27-15)20-12-11-17-4-2-3-5-19(17)14-20/h2-14H,1H3,(H,25,26)/p-1/b13-8+. The van der Waals surface area contributed by atoms with Gasteiger partial charge < -0.3 is 14.3 Å². The van der Waals surface area contributed by atoms with Crippen LogP contribution in [0.2, 0.25) is 0 Å². The molecule has 27 heavy (non-hydrogen) atoms. The molecule has 0 saturated heterocycles. The fraction of sp³-hybridized carbons (Fsp3) is 0.0435. The molecule has 0 unspecified atom stereocenters. The number of carboxylic acid groups (broad SMARTS) is 1. The van der Waals surface area contributed by atoms with E-state index in [1.54, 1.807) is 12.1 Å². The van der Waals surface area contributed by atoms with Gasteiger partial charge in [0.05, 0.1) is 5.97 Å². The van der Waals surface area contributed by atoms with E-state index in [-0.39, 0.29) is 5.56 Å². The summed E-state index contributed by atoms with van der Waals surface area (Å²) in [6, 6.07) is 20.8. The average Bonchev–Trinajstić information content (AvgIpc) is 3.07. The van der Waals surface area contributed by atoms with Crippen molar-refractivity contribution in [1.29, 1.82) is 0 Å². The van der Waals surface area contributed by atoms with Gasteiger partial charge in [0.15, 0.2) is 0 Å². The van der Waals surface area contributed by atoms with E-state index in [9.17, 15) is 9.90 Å². The van der Waals surface area contributed by atoms with Crippen LogP contribution >= 0.6 is 0 Å². The van der Waals surface area contributed by atoms with Crippen LogP contribution in [0.3, 0.4) is 0 Å². The van der Waals surface area contributed by atoms with Gasteiger partial charge in [-0.05, 0) is 47.0 Å². The third-order valence-electron chi connectivity index (χ3n) is 4.41. The molecule has 0 amide bonds. The zero-order valence-corrected chi connectivity index (χ0v) is 14.7. The molecule has 0 aliphatic heterocycles. The number of nitrogens with zero attached hydrogens (tertiary/aromatic N) is 1. The van der Waals surface area contributed by atoms with E-state index in [1.807, 2.05) is 37.3 Å². The largest absolute Gasteiger partial charge is 0.545 e. The van der Waals surface area contributed by atoms with Crippen molar-refractivity contribution >= 4 is 28.9 Å². The summed E-state index contributed by atoms with van der Waals surface area (Å²) in [5.74, 6) is 0.115. The number of hydrogen-bond donors (Lipinski definition) is 0. The fourth-order valence-corrected chi connectivity index (χ4v) is 2.91. The quantitative estimate of drug-likeness (QED) is 0.547. The first-order chi connectivity index (χ1) is 13.1. The van der Waals surface area contributed by atoms with Gasteiger partial charge in [0.25, 0.3) is 0 Å². The number of rotatable bonds is 4. The molecule has 0 spiro atoms. The molecule has 1 aromatic heterocycles. The van der Waals surface area contributed by atoms with Gasteiger partial charge in [-0.25, -0.2) is 4.98 Å². The van der Waals surface area contributed by atoms with Crippen LogP contribution in [0, 0.1) is 6.92 Å². The predicted molar refractivity (Wildman–Crippen MR) is 104 cm³/mol. The molecule has 4 rings (SSSR count). The number of fused-ring (bicyclic) bond motifs is 1. The lowest BCUT2D eigenvalue weighted by Crippen LogP contribution is -2.21. The third-order valence-corrected chi connectivity index (χ3v) is 4.41. The van der Waals surface area contributed by atoms with Gasteiger partial charge in [-0.1, -0.05) is 60.7 Å². The van der Waals surface area contributed by atoms with Crippen molar-refractivity contribution in [3.05, 3.63) is 89.3 Å². The highest BCUT2D eigenvalue weighted by atomic mass is 16.4. The van der Waals surface area contributed by atoms with Crippen LogP contribution in [0.25, 0.3) is 34.4 Å².